The molecule has 0 aliphatic carbocycles. The fraction of sp³-hybridized carbons (Fsp3) is 0.368. The molecule has 28 heavy (non-hydrogen) atoms. The minimum Gasteiger partial charge on any atom is -0.370 e. The van der Waals surface area contributed by atoms with Crippen LogP contribution in [0.15, 0.2) is 30.7 Å². The van der Waals surface area contributed by atoms with Gasteiger partial charge in [0, 0.05) is 55.7 Å². The average molecular weight is 378 g/mol. The summed E-state index contributed by atoms with van der Waals surface area (Å²) in [6.45, 7) is 3.30. The van der Waals surface area contributed by atoms with E-state index in [-0.39, 0.29) is 17.4 Å². The third kappa shape index (κ3) is 2.62. The summed E-state index contributed by atoms with van der Waals surface area (Å²) in [5, 5.41) is 1.03. The zero-order valence-electron chi connectivity index (χ0n) is 15.4. The Morgan fingerprint density at radius 3 is 2.75 bits per heavy atom. The van der Waals surface area contributed by atoms with Crippen molar-refractivity contribution in [3.63, 3.8) is 0 Å². The number of H-pyrrole nitrogens is 1. The first-order chi connectivity index (χ1) is 13.5. The van der Waals surface area contributed by atoms with Crippen molar-refractivity contribution in [1.82, 2.24) is 24.8 Å². The highest BCUT2D eigenvalue weighted by Crippen LogP contribution is 2.43. The van der Waals surface area contributed by atoms with Gasteiger partial charge in [0.25, 0.3) is 0 Å². The first kappa shape index (κ1) is 16.8. The van der Waals surface area contributed by atoms with Gasteiger partial charge in [0.1, 0.15) is 5.65 Å². The number of likely N-dealkylation sites (tertiary alicyclic amines) is 1. The van der Waals surface area contributed by atoms with Gasteiger partial charge in [-0.2, -0.15) is 0 Å². The Morgan fingerprint density at radius 2 is 1.96 bits per heavy atom. The molecule has 0 bridgehead atoms. The number of pyridine rings is 1. The Morgan fingerprint density at radius 1 is 1.14 bits per heavy atom. The fourth-order valence-corrected chi connectivity index (χ4v) is 4.63. The molecule has 1 spiro atoms. The number of carbonyl (C=O) groups excluding carboxylic acids is 1. The molecule has 1 unspecified atom stereocenters. The number of nitrogen functional groups attached to an aromatic ring is 1. The molecule has 5 N–H and O–H groups in total. The summed E-state index contributed by atoms with van der Waals surface area (Å²) in [5.41, 5.74) is 15.0. The summed E-state index contributed by atoms with van der Waals surface area (Å²) in [6, 6.07) is 3.57. The molecular formula is C19H22N8O. The van der Waals surface area contributed by atoms with Crippen LogP contribution in [0.1, 0.15) is 12.8 Å². The van der Waals surface area contributed by atoms with Crippen LogP contribution in [0.5, 0.6) is 0 Å². The van der Waals surface area contributed by atoms with E-state index in [0.717, 1.165) is 67.0 Å². The van der Waals surface area contributed by atoms with E-state index in [1.54, 1.807) is 11.1 Å². The Bertz CT molecular complexity index is 1060. The molecule has 2 aliphatic rings. The zero-order valence-corrected chi connectivity index (χ0v) is 15.4. The Balaban J connectivity index is 1.52. The van der Waals surface area contributed by atoms with Crippen LogP contribution in [0.3, 0.4) is 0 Å². The first-order valence-electron chi connectivity index (χ1n) is 9.39. The van der Waals surface area contributed by atoms with Crippen LogP contribution in [-0.4, -0.2) is 57.0 Å². The molecule has 5 heterocycles. The molecule has 9 nitrogen and oxygen atoms in total. The third-order valence-electron chi connectivity index (χ3n) is 6.03. The quantitative estimate of drug-likeness (QED) is 0.621. The molecule has 2 fully saturated rings. The first-order valence-corrected chi connectivity index (χ1v) is 9.39. The summed E-state index contributed by atoms with van der Waals surface area (Å²) in [6.07, 6.45) is 7.43. The van der Waals surface area contributed by atoms with Gasteiger partial charge in [0.2, 0.25) is 5.95 Å². The molecule has 0 aromatic carbocycles. The highest BCUT2D eigenvalue weighted by molar-refractivity contribution is 6.02. The van der Waals surface area contributed by atoms with Gasteiger partial charge in [0.15, 0.2) is 0 Å². The van der Waals surface area contributed by atoms with Crippen LogP contribution in [0.25, 0.3) is 22.3 Å². The van der Waals surface area contributed by atoms with Gasteiger partial charge in [-0.05, 0) is 25.0 Å². The van der Waals surface area contributed by atoms with Crippen molar-refractivity contribution in [2.75, 3.05) is 36.8 Å². The average Bonchev–Trinajstić information content (AvgIpc) is 3.41. The lowest BCUT2D eigenvalue weighted by atomic mass is 9.86. The summed E-state index contributed by atoms with van der Waals surface area (Å²) >= 11 is 0. The minimum atomic E-state index is -0.323. The molecule has 2 aliphatic heterocycles. The molecule has 144 valence electrons. The Kier molecular flexibility index (Phi) is 3.65. The number of urea groups is 1. The van der Waals surface area contributed by atoms with Gasteiger partial charge in [-0.1, -0.05) is 0 Å². The molecule has 3 aromatic heterocycles. The number of aromatic amines is 1. The highest BCUT2D eigenvalue weighted by Gasteiger charge is 2.44. The van der Waals surface area contributed by atoms with E-state index in [0.29, 0.717) is 0 Å². The number of fused-ring (bicyclic) bond motifs is 1. The molecule has 9 heteroatoms. The van der Waals surface area contributed by atoms with Gasteiger partial charge < -0.3 is 26.3 Å². The maximum atomic E-state index is 11.6. The lowest BCUT2D eigenvalue weighted by molar-refractivity contribution is 0.211. The van der Waals surface area contributed by atoms with Crippen molar-refractivity contribution in [3.05, 3.63) is 30.7 Å². The van der Waals surface area contributed by atoms with E-state index in [2.05, 4.69) is 24.8 Å². The molecule has 2 saturated heterocycles. The van der Waals surface area contributed by atoms with Gasteiger partial charge in [-0.25, -0.2) is 19.7 Å². The lowest BCUT2D eigenvalue weighted by Crippen LogP contribution is -2.37. The predicted molar refractivity (Wildman–Crippen MR) is 107 cm³/mol. The van der Waals surface area contributed by atoms with Crippen LogP contribution >= 0.6 is 0 Å². The summed E-state index contributed by atoms with van der Waals surface area (Å²) < 4.78 is 0. The number of nitrogens with two attached hydrogens (primary N) is 2. The normalized spacial score (nSPS) is 21.9. The van der Waals surface area contributed by atoms with Crippen LogP contribution in [0.2, 0.25) is 0 Å². The van der Waals surface area contributed by atoms with Gasteiger partial charge in [0.05, 0.1) is 16.8 Å². The number of rotatable bonds is 2. The number of aromatic nitrogens is 4. The number of hydrogen-bond acceptors (Lipinski definition) is 6. The topological polar surface area (TPSA) is 130 Å². The van der Waals surface area contributed by atoms with E-state index < -0.39 is 0 Å². The third-order valence-corrected chi connectivity index (χ3v) is 6.03. The number of primary amides is 1. The molecule has 0 radical (unpaired) electrons. The van der Waals surface area contributed by atoms with E-state index in [1.807, 2.05) is 24.5 Å². The monoisotopic (exact) mass is 378 g/mol. The fourth-order valence-electron chi connectivity index (χ4n) is 4.63. The summed E-state index contributed by atoms with van der Waals surface area (Å²) in [7, 11) is 0. The minimum absolute atomic E-state index is 0.112. The SMILES string of the molecule is NC(=O)N1CCC2(CCN(c3ccnc4[nH]cc(-c5ccnc(N)n5)c34)C2)C1. The smallest absolute Gasteiger partial charge is 0.314 e. The predicted octanol–water partition coefficient (Wildman–Crippen LogP) is 1.58. The summed E-state index contributed by atoms with van der Waals surface area (Å²) in [5.74, 6) is 0.245. The molecule has 5 rings (SSSR count). The number of nitrogens with one attached hydrogen (secondary N) is 1. The second kappa shape index (κ2) is 6.08. The number of hydrogen-bond donors (Lipinski definition) is 3. The summed E-state index contributed by atoms with van der Waals surface area (Å²) in [4.78, 5) is 31.8. The molecular weight excluding hydrogens is 356 g/mol. The van der Waals surface area contributed by atoms with Crippen LogP contribution in [-0.2, 0) is 0 Å². The second-order valence-corrected chi connectivity index (χ2v) is 7.74. The van der Waals surface area contributed by atoms with Gasteiger partial charge in [-0.15, -0.1) is 0 Å². The number of amides is 2. The van der Waals surface area contributed by atoms with E-state index in [4.69, 9.17) is 11.5 Å². The number of nitrogens with zero attached hydrogens (tertiary/aromatic N) is 5. The van der Waals surface area contributed by atoms with Crippen molar-refractivity contribution in [1.29, 1.82) is 0 Å². The van der Waals surface area contributed by atoms with Gasteiger partial charge in [-0.3, -0.25) is 0 Å². The zero-order chi connectivity index (χ0) is 19.3. The van der Waals surface area contributed by atoms with Crippen molar-refractivity contribution >= 4 is 28.7 Å². The maximum Gasteiger partial charge on any atom is 0.314 e. The second-order valence-electron chi connectivity index (χ2n) is 7.74. The van der Waals surface area contributed by atoms with E-state index >= 15 is 0 Å². The van der Waals surface area contributed by atoms with Crippen molar-refractivity contribution in [2.24, 2.45) is 11.1 Å². The molecule has 3 aromatic rings. The standard InChI is InChI=1S/C19H22N8O/c20-17-23-5-1-13(25-17)12-9-24-16-15(12)14(2-6-22-16)26-7-3-19(10-26)4-8-27(11-19)18(21)28/h1-2,5-6,9H,3-4,7-8,10-11H2,(H2,21,28)(H,22,24)(H2,20,23,25). The molecule has 1 atom stereocenters. The van der Waals surface area contributed by atoms with E-state index in [1.165, 1.54) is 0 Å². The number of carbonyl (C=O) groups is 1. The highest BCUT2D eigenvalue weighted by atomic mass is 16.2. The Hall–Kier alpha value is -3.36. The Labute approximate surface area is 161 Å². The lowest BCUT2D eigenvalue weighted by Gasteiger charge is -2.25. The number of anilines is 2. The van der Waals surface area contributed by atoms with Gasteiger partial charge >= 0.3 is 6.03 Å². The molecule has 2 amide bonds. The van der Waals surface area contributed by atoms with Crippen LogP contribution in [0, 0.1) is 5.41 Å². The van der Waals surface area contributed by atoms with Crippen molar-refractivity contribution in [2.45, 2.75) is 12.8 Å². The van der Waals surface area contributed by atoms with Crippen LogP contribution < -0.4 is 16.4 Å². The van der Waals surface area contributed by atoms with Crippen molar-refractivity contribution < 1.29 is 4.79 Å². The van der Waals surface area contributed by atoms with Crippen molar-refractivity contribution in [3.8, 4) is 11.3 Å². The van der Waals surface area contributed by atoms with Crippen LogP contribution in [0.4, 0.5) is 16.4 Å². The maximum absolute atomic E-state index is 11.6. The van der Waals surface area contributed by atoms with E-state index in [9.17, 15) is 4.79 Å². The molecule has 0 saturated carbocycles. The largest absolute Gasteiger partial charge is 0.370 e.